The van der Waals surface area contributed by atoms with Crippen LogP contribution >= 0.6 is 34.9 Å². The van der Waals surface area contributed by atoms with Gasteiger partial charge in [0.25, 0.3) is 0 Å². The Balaban J connectivity index is 1.94. The van der Waals surface area contributed by atoms with Crippen LogP contribution in [0.3, 0.4) is 0 Å². The number of rotatable bonds is 5. The van der Waals surface area contributed by atoms with Gasteiger partial charge in [-0.15, -0.1) is 10.2 Å². The summed E-state index contributed by atoms with van der Waals surface area (Å²) in [5.41, 5.74) is -0.0809. The van der Waals surface area contributed by atoms with Crippen LogP contribution in [0.5, 0.6) is 0 Å². The monoisotopic (exact) mass is 289 g/mol. The van der Waals surface area contributed by atoms with E-state index in [0.717, 1.165) is 8.68 Å². The van der Waals surface area contributed by atoms with Gasteiger partial charge in [-0.25, -0.2) is 4.79 Å². The zero-order valence-electron chi connectivity index (χ0n) is 8.61. The van der Waals surface area contributed by atoms with E-state index in [0.29, 0.717) is 11.5 Å². The van der Waals surface area contributed by atoms with E-state index in [-0.39, 0.29) is 5.69 Å². The molecular formula is C8H7N3O3S3. The predicted octanol–water partition coefficient (Wildman–Crippen LogP) is 2.24. The van der Waals surface area contributed by atoms with Crippen LogP contribution < -0.4 is 0 Å². The van der Waals surface area contributed by atoms with Crippen molar-refractivity contribution in [1.82, 2.24) is 15.4 Å². The van der Waals surface area contributed by atoms with Gasteiger partial charge in [0.2, 0.25) is 0 Å². The van der Waals surface area contributed by atoms with E-state index < -0.39 is 5.97 Å². The summed E-state index contributed by atoms with van der Waals surface area (Å²) in [6.07, 6.45) is 1.94. The molecule has 2 aromatic heterocycles. The third-order valence-electron chi connectivity index (χ3n) is 1.68. The van der Waals surface area contributed by atoms with Crippen molar-refractivity contribution in [2.24, 2.45) is 0 Å². The minimum absolute atomic E-state index is 0.0809. The second kappa shape index (κ2) is 5.52. The molecule has 0 unspecified atom stereocenters. The standard InChI is InChI=1S/C8H7N3O3S3/c1-15-7-9-10-8(17-7)16-3-4-2-5(6(12)13)11-14-4/h2H,3H2,1H3,(H,12,13). The van der Waals surface area contributed by atoms with Crippen molar-refractivity contribution in [1.29, 1.82) is 0 Å². The molecule has 2 aromatic rings. The number of thioether (sulfide) groups is 2. The Morgan fingerprint density at radius 3 is 2.88 bits per heavy atom. The van der Waals surface area contributed by atoms with Gasteiger partial charge in [-0.05, 0) is 6.26 Å². The summed E-state index contributed by atoms with van der Waals surface area (Å²) in [5, 5.41) is 20.0. The van der Waals surface area contributed by atoms with Crippen molar-refractivity contribution in [3.8, 4) is 0 Å². The molecule has 9 heteroatoms. The first-order valence-corrected chi connectivity index (χ1v) is 7.41. The maximum Gasteiger partial charge on any atom is 0.358 e. The molecule has 0 amide bonds. The number of carboxylic acid groups (broad SMARTS) is 1. The highest BCUT2D eigenvalue weighted by Gasteiger charge is 2.12. The summed E-state index contributed by atoms with van der Waals surface area (Å²) in [5.74, 6) is -0.0950. The molecule has 90 valence electrons. The van der Waals surface area contributed by atoms with Crippen molar-refractivity contribution in [3.63, 3.8) is 0 Å². The Bertz CT molecular complexity index is 525. The van der Waals surface area contributed by atoms with Crippen LogP contribution in [0.4, 0.5) is 0 Å². The molecule has 0 bridgehead atoms. The van der Waals surface area contributed by atoms with E-state index in [1.165, 1.54) is 40.9 Å². The first-order chi connectivity index (χ1) is 8.19. The molecule has 0 aliphatic rings. The Morgan fingerprint density at radius 1 is 1.53 bits per heavy atom. The van der Waals surface area contributed by atoms with Gasteiger partial charge in [0.15, 0.2) is 14.4 Å². The largest absolute Gasteiger partial charge is 0.476 e. The van der Waals surface area contributed by atoms with Gasteiger partial charge in [-0.3, -0.25) is 0 Å². The first kappa shape index (κ1) is 12.4. The highest BCUT2D eigenvalue weighted by atomic mass is 32.2. The lowest BCUT2D eigenvalue weighted by Gasteiger charge is -1.89. The van der Waals surface area contributed by atoms with E-state index in [1.54, 1.807) is 0 Å². The lowest BCUT2D eigenvalue weighted by atomic mass is 10.4. The smallest absolute Gasteiger partial charge is 0.358 e. The molecule has 17 heavy (non-hydrogen) atoms. The fourth-order valence-electron chi connectivity index (χ4n) is 0.953. The van der Waals surface area contributed by atoms with Crippen LogP contribution in [0, 0.1) is 0 Å². The van der Waals surface area contributed by atoms with Crippen LogP contribution in [0.25, 0.3) is 0 Å². The average Bonchev–Trinajstić information content (AvgIpc) is 2.95. The van der Waals surface area contributed by atoms with Gasteiger partial charge in [-0.1, -0.05) is 40.0 Å². The number of carbonyl (C=O) groups is 1. The molecule has 0 aromatic carbocycles. The lowest BCUT2D eigenvalue weighted by Crippen LogP contribution is -1.94. The van der Waals surface area contributed by atoms with Gasteiger partial charge in [-0.2, -0.15) is 0 Å². The number of aromatic nitrogens is 3. The van der Waals surface area contributed by atoms with Crippen molar-refractivity contribution in [2.75, 3.05) is 6.26 Å². The Kier molecular flexibility index (Phi) is 4.02. The number of carboxylic acids is 1. The molecule has 0 atom stereocenters. The van der Waals surface area contributed by atoms with Crippen molar-refractivity contribution >= 4 is 40.8 Å². The highest BCUT2D eigenvalue weighted by Crippen LogP contribution is 2.29. The van der Waals surface area contributed by atoms with Crippen LogP contribution in [0.15, 0.2) is 19.3 Å². The van der Waals surface area contributed by atoms with Crippen molar-refractivity contribution in [3.05, 3.63) is 17.5 Å². The number of nitrogens with zero attached hydrogens (tertiary/aromatic N) is 3. The molecule has 1 N–H and O–H groups in total. The summed E-state index contributed by atoms with van der Waals surface area (Å²) in [4.78, 5) is 10.6. The number of aromatic carboxylic acids is 1. The van der Waals surface area contributed by atoms with E-state index in [4.69, 9.17) is 9.63 Å². The van der Waals surface area contributed by atoms with E-state index in [1.807, 2.05) is 6.26 Å². The van der Waals surface area contributed by atoms with Crippen molar-refractivity contribution < 1.29 is 14.4 Å². The molecular weight excluding hydrogens is 282 g/mol. The van der Waals surface area contributed by atoms with E-state index in [2.05, 4.69) is 15.4 Å². The minimum Gasteiger partial charge on any atom is -0.476 e. The molecule has 0 saturated carbocycles. The van der Waals surface area contributed by atoms with Gasteiger partial charge in [0.05, 0.1) is 5.75 Å². The second-order valence-corrected chi connectivity index (χ2v) is 6.06. The van der Waals surface area contributed by atoms with E-state index in [9.17, 15) is 4.79 Å². The molecule has 0 fully saturated rings. The molecule has 0 aliphatic heterocycles. The fraction of sp³-hybridized carbons (Fsp3) is 0.250. The predicted molar refractivity (Wildman–Crippen MR) is 64.7 cm³/mol. The highest BCUT2D eigenvalue weighted by molar-refractivity contribution is 8.02. The van der Waals surface area contributed by atoms with Crippen LogP contribution in [-0.2, 0) is 5.75 Å². The zero-order chi connectivity index (χ0) is 12.3. The average molecular weight is 289 g/mol. The minimum atomic E-state index is -1.09. The third-order valence-corrected chi connectivity index (χ3v) is 4.73. The summed E-state index contributed by atoms with van der Waals surface area (Å²) in [6.45, 7) is 0. The molecule has 0 spiro atoms. The van der Waals surface area contributed by atoms with Gasteiger partial charge in [0.1, 0.15) is 5.76 Å². The van der Waals surface area contributed by atoms with Crippen LogP contribution in [-0.4, -0.2) is 32.7 Å². The van der Waals surface area contributed by atoms with Gasteiger partial charge >= 0.3 is 5.97 Å². The molecule has 6 nitrogen and oxygen atoms in total. The summed E-state index contributed by atoms with van der Waals surface area (Å²) < 4.78 is 6.60. The Hall–Kier alpha value is -1.06. The SMILES string of the molecule is CSc1nnc(SCc2cc(C(=O)O)no2)s1. The Morgan fingerprint density at radius 2 is 2.29 bits per heavy atom. The quantitative estimate of drug-likeness (QED) is 0.838. The normalized spacial score (nSPS) is 10.6. The molecule has 0 aliphatic carbocycles. The van der Waals surface area contributed by atoms with Gasteiger partial charge in [0, 0.05) is 6.07 Å². The molecule has 2 heterocycles. The van der Waals surface area contributed by atoms with Crippen molar-refractivity contribution in [2.45, 2.75) is 14.4 Å². The van der Waals surface area contributed by atoms with Crippen LogP contribution in [0.2, 0.25) is 0 Å². The second-order valence-electron chi connectivity index (χ2n) is 2.81. The fourth-order valence-corrected chi connectivity index (χ4v) is 3.27. The maximum absolute atomic E-state index is 10.6. The topological polar surface area (TPSA) is 89.1 Å². The maximum atomic E-state index is 10.6. The lowest BCUT2D eigenvalue weighted by molar-refractivity contribution is 0.0685. The summed E-state index contributed by atoms with van der Waals surface area (Å²) in [6, 6.07) is 1.41. The molecule has 2 rings (SSSR count). The summed E-state index contributed by atoms with van der Waals surface area (Å²) >= 11 is 4.47. The molecule has 0 saturated heterocycles. The van der Waals surface area contributed by atoms with Crippen LogP contribution in [0.1, 0.15) is 16.2 Å². The zero-order valence-corrected chi connectivity index (χ0v) is 11.1. The first-order valence-electron chi connectivity index (χ1n) is 4.38. The number of hydrogen-bond acceptors (Lipinski definition) is 8. The van der Waals surface area contributed by atoms with E-state index >= 15 is 0 Å². The molecule has 0 radical (unpaired) electrons. The summed E-state index contributed by atoms with van der Waals surface area (Å²) in [7, 11) is 0. The Labute approximate surface area is 109 Å². The van der Waals surface area contributed by atoms with Gasteiger partial charge < -0.3 is 9.63 Å². The number of hydrogen-bond donors (Lipinski definition) is 1. The third kappa shape index (κ3) is 3.20.